The van der Waals surface area contributed by atoms with Crippen LogP contribution < -0.4 is 0 Å². The van der Waals surface area contributed by atoms with Crippen LogP contribution in [0.5, 0.6) is 0 Å². The normalized spacial score (nSPS) is 14.5. The maximum absolute atomic E-state index is 11.2. The van der Waals surface area contributed by atoms with Crippen LogP contribution in [0.4, 0.5) is 0 Å². The Bertz CT molecular complexity index is 1390. The Labute approximate surface area is 192 Å². The van der Waals surface area contributed by atoms with Crippen LogP contribution >= 0.6 is 0 Å². The summed E-state index contributed by atoms with van der Waals surface area (Å²) >= 11 is 0. The van der Waals surface area contributed by atoms with Gasteiger partial charge >= 0.3 is 5.97 Å². The first-order valence-corrected chi connectivity index (χ1v) is 11.0. The standard InChI is InChI=1S/C28H23N3O2/c1-2-24(20-6-4-3-5-7-20)28(22-13-15-25-26(16-22)30-18-29-25)21-11-8-19(9-12-21)10-14-23-17-27(32)33-31-23/h3-16,18H,2,17H2,1H3,(H,29,30)/b14-10+,28-24+. The molecule has 0 saturated heterocycles. The zero-order valence-electron chi connectivity index (χ0n) is 18.3. The van der Waals surface area contributed by atoms with Crippen molar-refractivity contribution in [2.75, 3.05) is 0 Å². The van der Waals surface area contributed by atoms with Crippen molar-refractivity contribution in [1.82, 2.24) is 9.97 Å². The maximum atomic E-state index is 11.2. The Morgan fingerprint density at radius 1 is 0.970 bits per heavy atom. The maximum Gasteiger partial charge on any atom is 0.341 e. The number of carbonyl (C=O) groups is 1. The molecule has 5 heteroatoms. The third-order valence-electron chi connectivity index (χ3n) is 5.74. The highest BCUT2D eigenvalue weighted by Crippen LogP contribution is 2.35. The van der Waals surface area contributed by atoms with Crippen molar-refractivity contribution in [1.29, 1.82) is 0 Å². The van der Waals surface area contributed by atoms with Gasteiger partial charge in [-0.3, -0.25) is 0 Å². The van der Waals surface area contributed by atoms with Crippen molar-refractivity contribution < 1.29 is 9.63 Å². The summed E-state index contributed by atoms with van der Waals surface area (Å²) in [6.07, 6.45) is 6.61. The number of benzene rings is 3. The lowest BCUT2D eigenvalue weighted by atomic mass is 9.87. The van der Waals surface area contributed by atoms with Gasteiger partial charge in [-0.1, -0.05) is 78.8 Å². The van der Waals surface area contributed by atoms with Gasteiger partial charge in [0, 0.05) is 0 Å². The van der Waals surface area contributed by atoms with E-state index in [2.05, 4.69) is 93.6 Å². The number of hydrogen-bond donors (Lipinski definition) is 1. The molecule has 2 heterocycles. The highest BCUT2D eigenvalue weighted by atomic mass is 16.7. The SMILES string of the molecule is CC/C(=C(/c1ccc(/C=C/C2=NOC(=O)C2)cc1)c1ccc2nc[nH]c2c1)c1ccccc1. The van der Waals surface area contributed by atoms with E-state index in [1.54, 1.807) is 6.33 Å². The lowest BCUT2D eigenvalue weighted by Gasteiger charge is -2.16. The van der Waals surface area contributed by atoms with Gasteiger partial charge in [0.25, 0.3) is 0 Å². The van der Waals surface area contributed by atoms with Gasteiger partial charge in [-0.05, 0) is 58.0 Å². The molecular weight excluding hydrogens is 410 g/mol. The average molecular weight is 434 g/mol. The van der Waals surface area contributed by atoms with Crippen LogP contribution in [0.3, 0.4) is 0 Å². The molecule has 0 bridgehead atoms. The molecule has 4 aromatic rings. The fourth-order valence-corrected chi connectivity index (χ4v) is 4.14. The molecular formula is C28H23N3O2. The third kappa shape index (κ3) is 4.39. The van der Waals surface area contributed by atoms with Crippen LogP contribution in [-0.2, 0) is 9.63 Å². The van der Waals surface area contributed by atoms with Crippen LogP contribution in [0, 0.1) is 0 Å². The molecule has 33 heavy (non-hydrogen) atoms. The van der Waals surface area contributed by atoms with Crippen molar-refractivity contribution in [3.63, 3.8) is 0 Å². The molecule has 0 atom stereocenters. The second-order valence-corrected chi connectivity index (χ2v) is 7.89. The van der Waals surface area contributed by atoms with Gasteiger partial charge in [0.05, 0.1) is 29.5 Å². The minimum Gasteiger partial charge on any atom is -0.345 e. The van der Waals surface area contributed by atoms with Crippen LogP contribution in [0.25, 0.3) is 28.3 Å². The van der Waals surface area contributed by atoms with E-state index >= 15 is 0 Å². The van der Waals surface area contributed by atoms with Crippen LogP contribution in [0.1, 0.15) is 42.0 Å². The molecule has 0 fully saturated rings. The van der Waals surface area contributed by atoms with Crippen molar-refractivity contribution >= 4 is 39.9 Å². The first-order valence-electron chi connectivity index (χ1n) is 11.0. The number of aromatic amines is 1. The fraction of sp³-hybridized carbons (Fsp3) is 0.107. The Morgan fingerprint density at radius 3 is 2.48 bits per heavy atom. The number of rotatable bonds is 6. The lowest BCUT2D eigenvalue weighted by molar-refractivity contribution is -0.140. The van der Waals surface area contributed by atoms with Crippen LogP contribution in [0.2, 0.25) is 0 Å². The van der Waals surface area contributed by atoms with Gasteiger partial charge in [0.15, 0.2) is 0 Å². The number of nitrogens with zero attached hydrogens (tertiary/aromatic N) is 2. The highest BCUT2D eigenvalue weighted by Gasteiger charge is 2.15. The molecule has 0 saturated carbocycles. The van der Waals surface area contributed by atoms with Crippen LogP contribution in [-0.4, -0.2) is 21.6 Å². The number of oxime groups is 1. The van der Waals surface area contributed by atoms with E-state index in [0.717, 1.165) is 34.1 Å². The van der Waals surface area contributed by atoms with Crippen molar-refractivity contribution in [2.24, 2.45) is 5.16 Å². The number of hydrogen-bond acceptors (Lipinski definition) is 4. The molecule has 5 rings (SSSR count). The summed E-state index contributed by atoms with van der Waals surface area (Å²) in [6, 6.07) is 25.3. The first-order chi connectivity index (χ1) is 16.2. The minimum absolute atomic E-state index is 0.217. The summed E-state index contributed by atoms with van der Waals surface area (Å²) in [7, 11) is 0. The van der Waals surface area contributed by atoms with Gasteiger partial charge in [-0.25, -0.2) is 9.78 Å². The predicted molar refractivity (Wildman–Crippen MR) is 132 cm³/mol. The summed E-state index contributed by atoms with van der Waals surface area (Å²) in [5.74, 6) is -0.318. The quantitative estimate of drug-likeness (QED) is 0.289. The van der Waals surface area contributed by atoms with E-state index in [-0.39, 0.29) is 12.4 Å². The monoisotopic (exact) mass is 433 g/mol. The van der Waals surface area contributed by atoms with Gasteiger partial charge in [-0.15, -0.1) is 0 Å². The number of nitrogens with one attached hydrogen (secondary N) is 1. The number of carbonyl (C=O) groups excluding carboxylic acids is 1. The fourth-order valence-electron chi connectivity index (χ4n) is 4.14. The average Bonchev–Trinajstić information content (AvgIpc) is 3.50. The Balaban J connectivity index is 1.57. The Kier molecular flexibility index (Phi) is 5.68. The molecule has 1 aliphatic heterocycles. The summed E-state index contributed by atoms with van der Waals surface area (Å²) in [5.41, 5.74) is 9.62. The van der Waals surface area contributed by atoms with Crippen molar-refractivity contribution in [3.8, 4) is 0 Å². The molecule has 162 valence electrons. The summed E-state index contributed by atoms with van der Waals surface area (Å²) in [6.45, 7) is 2.19. The minimum atomic E-state index is -0.318. The van der Waals surface area contributed by atoms with Gasteiger partial charge in [-0.2, -0.15) is 0 Å². The van der Waals surface area contributed by atoms with E-state index in [1.165, 1.54) is 16.7 Å². The molecule has 1 N–H and O–H groups in total. The van der Waals surface area contributed by atoms with Crippen molar-refractivity contribution in [3.05, 3.63) is 107 Å². The molecule has 3 aromatic carbocycles. The van der Waals surface area contributed by atoms with E-state index in [1.807, 2.05) is 18.2 Å². The van der Waals surface area contributed by atoms with E-state index in [0.29, 0.717) is 5.71 Å². The number of imidazole rings is 1. The third-order valence-corrected chi connectivity index (χ3v) is 5.74. The molecule has 5 nitrogen and oxygen atoms in total. The molecule has 1 aliphatic rings. The Hall–Kier alpha value is -4.25. The number of allylic oxidation sites excluding steroid dienone is 2. The Morgan fingerprint density at radius 2 is 1.76 bits per heavy atom. The zero-order valence-corrected chi connectivity index (χ0v) is 18.3. The molecule has 1 aromatic heterocycles. The lowest BCUT2D eigenvalue weighted by Crippen LogP contribution is -1.96. The second kappa shape index (κ2) is 9.09. The van der Waals surface area contributed by atoms with Crippen LogP contribution in [0.15, 0.2) is 90.4 Å². The second-order valence-electron chi connectivity index (χ2n) is 7.89. The molecule has 0 aliphatic carbocycles. The zero-order chi connectivity index (χ0) is 22.6. The number of aromatic nitrogens is 2. The van der Waals surface area contributed by atoms with E-state index < -0.39 is 0 Å². The molecule has 0 amide bonds. The predicted octanol–water partition coefficient (Wildman–Crippen LogP) is 6.25. The van der Waals surface area contributed by atoms with E-state index in [9.17, 15) is 4.79 Å². The topological polar surface area (TPSA) is 67.3 Å². The number of fused-ring (bicyclic) bond motifs is 1. The molecule has 0 unspecified atom stereocenters. The van der Waals surface area contributed by atoms with Gasteiger partial charge in [0.1, 0.15) is 0 Å². The molecule has 0 radical (unpaired) electrons. The van der Waals surface area contributed by atoms with Gasteiger partial charge in [0.2, 0.25) is 0 Å². The highest BCUT2D eigenvalue weighted by molar-refractivity contribution is 6.09. The summed E-state index contributed by atoms with van der Waals surface area (Å²) < 4.78 is 0. The van der Waals surface area contributed by atoms with E-state index in [4.69, 9.17) is 0 Å². The smallest absolute Gasteiger partial charge is 0.341 e. The van der Waals surface area contributed by atoms with Crippen molar-refractivity contribution in [2.45, 2.75) is 19.8 Å². The summed E-state index contributed by atoms with van der Waals surface area (Å²) in [4.78, 5) is 23.5. The first kappa shape index (κ1) is 20.6. The largest absolute Gasteiger partial charge is 0.345 e. The summed E-state index contributed by atoms with van der Waals surface area (Å²) in [5, 5.41) is 3.77. The molecule has 0 spiro atoms. The number of H-pyrrole nitrogens is 1. The van der Waals surface area contributed by atoms with Gasteiger partial charge < -0.3 is 9.82 Å².